The first kappa shape index (κ1) is 17.3. The molecule has 8 heteroatoms. The Hall–Kier alpha value is -2.48. The van der Waals surface area contributed by atoms with Crippen LogP contribution >= 0.6 is 0 Å². The molecule has 1 aliphatic heterocycles. The molecule has 1 heterocycles. The average molecular weight is 367 g/mol. The van der Waals surface area contributed by atoms with Crippen molar-refractivity contribution in [2.24, 2.45) is 0 Å². The van der Waals surface area contributed by atoms with Gasteiger partial charge in [-0.15, -0.1) is 0 Å². The number of hydrogen-bond donors (Lipinski definition) is 0. The van der Waals surface area contributed by atoms with Crippen molar-refractivity contribution in [3.63, 3.8) is 0 Å². The third-order valence-electron chi connectivity index (χ3n) is 3.78. The molecule has 1 saturated heterocycles. The van der Waals surface area contributed by atoms with Crippen LogP contribution in [0.5, 0.6) is 0 Å². The Morgan fingerprint density at radius 1 is 0.960 bits per heavy atom. The molecule has 0 bridgehead atoms. The van der Waals surface area contributed by atoms with Crippen molar-refractivity contribution in [3.05, 3.63) is 65.7 Å². The number of amides is 2. The second-order valence-electron chi connectivity index (χ2n) is 5.43. The van der Waals surface area contributed by atoms with E-state index in [1.807, 2.05) is 0 Å². The van der Waals surface area contributed by atoms with Crippen molar-refractivity contribution in [2.45, 2.75) is 11.4 Å². The summed E-state index contributed by atoms with van der Waals surface area (Å²) in [5.74, 6) is -1.78. The molecule has 25 heavy (non-hydrogen) atoms. The number of benzene rings is 2. The molecule has 4 nitrogen and oxygen atoms in total. The van der Waals surface area contributed by atoms with Crippen LogP contribution in [0.4, 0.5) is 18.9 Å². The number of rotatable bonds is 2. The molecule has 2 unspecified atom stereocenters. The van der Waals surface area contributed by atoms with Gasteiger partial charge < -0.3 is 0 Å². The van der Waals surface area contributed by atoms with Crippen LogP contribution in [0.25, 0.3) is 0 Å². The van der Waals surface area contributed by atoms with Crippen LogP contribution in [-0.2, 0) is 26.6 Å². The van der Waals surface area contributed by atoms with Crippen LogP contribution in [0.1, 0.15) is 16.4 Å². The fourth-order valence-corrected chi connectivity index (χ4v) is 3.95. The first-order chi connectivity index (χ1) is 11.8. The summed E-state index contributed by atoms with van der Waals surface area (Å²) < 4.78 is 50.3. The van der Waals surface area contributed by atoms with E-state index >= 15 is 0 Å². The van der Waals surface area contributed by atoms with Gasteiger partial charge in [0, 0.05) is 10.8 Å². The van der Waals surface area contributed by atoms with Crippen molar-refractivity contribution in [1.82, 2.24) is 0 Å². The molecule has 0 spiro atoms. The summed E-state index contributed by atoms with van der Waals surface area (Å²) in [7, 11) is -1.72. The second-order valence-corrected chi connectivity index (χ2v) is 6.95. The van der Waals surface area contributed by atoms with Crippen LogP contribution in [0.15, 0.2) is 54.6 Å². The summed E-state index contributed by atoms with van der Waals surface area (Å²) in [6.45, 7) is 0. The van der Waals surface area contributed by atoms with Crippen molar-refractivity contribution < 1.29 is 27.0 Å². The zero-order chi connectivity index (χ0) is 18.2. The number of carbonyl (C=O) groups is 2. The Kier molecular flexibility index (Phi) is 4.47. The minimum atomic E-state index is -4.51. The lowest BCUT2D eigenvalue weighted by Gasteiger charge is -2.30. The van der Waals surface area contributed by atoms with Gasteiger partial charge in [-0.25, -0.2) is 4.90 Å². The SMILES string of the molecule is O=C1CS(=O)C(c2ccccc2)C(=O)N1c1ccc(C(F)(F)F)cc1. The number of carbonyl (C=O) groups excluding carboxylic acids is 2. The number of nitrogens with zero attached hydrogens (tertiary/aromatic N) is 1. The van der Waals surface area contributed by atoms with Gasteiger partial charge in [-0.05, 0) is 29.8 Å². The third-order valence-corrected chi connectivity index (χ3v) is 5.31. The van der Waals surface area contributed by atoms with Gasteiger partial charge in [-0.2, -0.15) is 13.2 Å². The van der Waals surface area contributed by atoms with E-state index in [1.165, 1.54) is 0 Å². The molecule has 1 aliphatic rings. The lowest BCUT2D eigenvalue weighted by molar-refractivity contribution is -0.137. The lowest BCUT2D eigenvalue weighted by atomic mass is 10.1. The summed E-state index contributed by atoms with van der Waals surface area (Å²) in [6, 6.07) is 12.1. The molecule has 0 aliphatic carbocycles. The van der Waals surface area contributed by atoms with E-state index in [1.54, 1.807) is 30.3 Å². The molecule has 0 N–H and O–H groups in total. The predicted octanol–water partition coefficient (Wildman–Crippen LogP) is 3.07. The highest BCUT2D eigenvalue weighted by atomic mass is 32.2. The van der Waals surface area contributed by atoms with E-state index in [0.717, 1.165) is 29.2 Å². The first-order valence-electron chi connectivity index (χ1n) is 7.25. The normalized spacial score (nSPS) is 21.5. The highest BCUT2D eigenvalue weighted by Gasteiger charge is 2.41. The Bertz CT molecular complexity index is 834. The fourth-order valence-electron chi connectivity index (χ4n) is 2.62. The van der Waals surface area contributed by atoms with Gasteiger partial charge >= 0.3 is 6.18 Å². The molecule has 3 rings (SSSR count). The maximum absolute atomic E-state index is 12.7. The smallest absolute Gasteiger partial charge is 0.273 e. The van der Waals surface area contributed by atoms with Gasteiger partial charge in [0.15, 0.2) is 0 Å². The topological polar surface area (TPSA) is 54.5 Å². The van der Waals surface area contributed by atoms with Crippen molar-refractivity contribution >= 4 is 28.3 Å². The maximum atomic E-state index is 12.7. The van der Waals surface area contributed by atoms with E-state index in [9.17, 15) is 27.0 Å². The zero-order valence-electron chi connectivity index (χ0n) is 12.7. The summed E-state index contributed by atoms with van der Waals surface area (Å²) in [4.78, 5) is 25.7. The van der Waals surface area contributed by atoms with Gasteiger partial charge in [-0.1, -0.05) is 30.3 Å². The summed E-state index contributed by atoms with van der Waals surface area (Å²) >= 11 is 0. The molecule has 0 radical (unpaired) electrons. The van der Waals surface area contributed by atoms with Gasteiger partial charge in [0.05, 0.1) is 11.3 Å². The predicted molar refractivity (Wildman–Crippen MR) is 86.1 cm³/mol. The molecule has 2 aromatic rings. The minimum Gasteiger partial charge on any atom is -0.273 e. The fraction of sp³-hybridized carbons (Fsp3) is 0.176. The Balaban J connectivity index is 1.96. The van der Waals surface area contributed by atoms with Gasteiger partial charge in [0.1, 0.15) is 11.0 Å². The Labute approximate surface area is 143 Å². The number of halogens is 3. The van der Waals surface area contributed by atoms with E-state index in [-0.39, 0.29) is 11.4 Å². The van der Waals surface area contributed by atoms with Gasteiger partial charge in [0.25, 0.3) is 5.91 Å². The summed E-state index contributed by atoms with van der Waals surface area (Å²) in [5.41, 5.74) is -0.354. The standard InChI is InChI=1S/C17H12F3NO3S/c18-17(19,20)12-6-8-13(9-7-12)21-14(22)10-25(24)15(16(21)23)11-4-2-1-3-5-11/h1-9,15H,10H2. The lowest BCUT2D eigenvalue weighted by Crippen LogP contribution is -2.49. The van der Waals surface area contributed by atoms with Crippen LogP contribution in [-0.4, -0.2) is 21.8 Å². The molecular weight excluding hydrogens is 355 g/mol. The van der Waals surface area contributed by atoms with Crippen molar-refractivity contribution in [1.29, 1.82) is 0 Å². The van der Waals surface area contributed by atoms with Crippen LogP contribution in [0.3, 0.4) is 0 Å². The van der Waals surface area contributed by atoms with Crippen molar-refractivity contribution in [2.75, 3.05) is 10.7 Å². The summed E-state index contributed by atoms with van der Waals surface area (Å²) in [6.07, 6.45) is -4.51. The van der Waals surface area contributed by atoms with Crippen LogP contribution in [0.2, 0.25) is 0 Å². The number of imide groups is 1. The largest absolute Gasteiger partial charge is 0.416 e. The van der Waals surface area contributed by atoms with E-state index < -0.39 is 39.6 Å². The first-order valence-corrected chi connectivity index (χ1v) is 8.63. The highest BCUT2D eigenvalue weighted by molar-refractivity contribution is 7.87. The third kappa shape index (κ3) is 3.34. The summed E-state index contributed by atoms with van der Waals surface area (Å²) in [5, 5.41) is -1.03. The van der Waals surface area contributed by atoms with Crippen LogP contribution in [0, 0.1) is 0 Å². The van der Waals surface area contributed by atoms with Gasteiger partial charge in [-0.3, -0.25) is 13.8 Å². The molecule has 0 aromatic heterocycles. The molecular formula is C17H12F3NO3S. The molecule has 2 aromatic carbocycles. The monoisotopic (exact) mass is 367 g/mol. The van der Waals surface area contributed by atoms with Crippen molar-refractivity contribution in [3.8, 4) is 0 Å². The van der Waals surface area contributed by atoms with E-state index in [2.05, 4.69) is 0 Å². The average Bonchev–Trinajstić information content (AvgIpc) is 2.55. The van der Waals surface area contributed by atoms with E-state index in [0.29, 0.717) is 5.56 Å². The number of anilines is 1. The molecule has 1 fully saturated rings. The van der Waals surface area contributed by atoms with E-state index in [4.69, 9.17) is 0 Å². The number of alkyl halides is 3. The second kappa shape index (κ2) is 6.44. The van der Waals surface area contributed by atoms with Gasteiger partial charge in [0.2, 0.25) is 5.91 Å². The molecule has 2 atom stereocenters. The van der Waals surface area contributed by atoms with Crippen LogP contribution < -0.4 is 4.90 Å². The Morgan fingerprint density at radius 2 is 1.56 bits per heavy atom. The Morgan fingerprint density at radius 3 is 2.12 bits per heavy atom. The zero-order valence-corrected chi connectivity index (χ0v) is 13.5. The quantitative estimate of drug-likeness (QED) is 0.767. The molecule has 130 valence electrons. The molecule has 2 amide bonds. The number of hydrogen-bond acceptors (Lipinski definition) is 3. The highest BCUT2D eigenvalue weighted by Crippen LogP contribution is 2.33. The maximum Gasteiger partial charge on any atom is 0.416 e. The minimum absolute atomic E-state index is 0.0284. The molecule has 0 saturated carbocycles.